The van der Waals surface area contributed by atoms with Crippen LogP contribution < -0.4 is 10.1 Å². The molecule has 3 rings (SSSR count). The quantitative estimate of drug-likeness (QED) is 0.727. The SMILES string of the molecule is Cc1cc(C)cc(OCC(=O)Nc2sc(=S)c3c(c2C#N)CCC(C)C3)c1. The van der Waals surface area contributed by atoms with Crippen molar-refractivity contribution in [2.24, 2.45) is 5.92 Å². The zero-order valence-electron chi connectivity index (χ0n) is 15.7. The van der Waals surface area contributed by atoms with Crippen LogP contribution in [0.1, 0.15) is 41.2 Å². The van der Waals surface area contributed by atoms with Crippen molar-refractivity contribution in [3.8, 4) is 11.8 Å². The Labute approximate surface area is 168 Å². The summed E-state index contributed by atoms with van der Waals surface area (Å²) in [5, 5.41) is 13.0. The van der Waals surface area contributed by atoms with Crippen molar-refractivity contribution < 1.29 is 9.53 Å². The number of carbonyl (C=O) groups excluding carboxylic acids is 1. The molecule has 140 valence electrons. The molecular formula is C21H22N2O2S2. The molecule has 0 radical (unpaired) electrons. The fraction of sp³-hybridized carbons (Fsp3) is 0.381. The first-order valence-corrected chi connectivity index (χ1v) is 10.2. The predicted molar refractivity (Wildman–Crippen MR) is 111 cm³/mol. The van der Waals surface area contributed by atoms with E-state index in [2.05, 4.69) is 18.3 Å². The Bertz CT molecular complexity index is 969. The van der Waals surface area contributed by atoms with Gasteiger partial charge in [-0.3, -0.25) is 4.79 Å². The summed E-state index contributed by atoms with van der Waals surface area (Å²) in [6.07, 6.45) is 2.77. The summed E-state index contributed by atoms with van der Waals surface area (Å²) in [7, 11) is 0. The largest absolute Gasteiger partial charge is 0.484 e. The van der Waals surface area contributed by atoms with E-state index in [1.165, 1.54) is 11.3 Å². The van der Waals surface area contributed by atoms with E-state index in [1.54, 1.807) is 0 Å². The molecule has 27 heavy (non-hydrogen) atoms. The lowest BCUT2D eigenvalue weighted by Crippen LogP contribution is -2.21. The van der Waals surface area contributed by atoms with Gasteiger partial charge in [0.05, 0.1) is 9.39 Å². The van der Waals surface area contributed by atoms with E-state index in [9.17, 15) is 10.1 Å². The van der Waals surface area contributed by atoms with Crippen molar-refractivity contribution in [3.63, 3.8) is 0 Å². The molecule has 0 fully saturated rings. The number of benzene rings is 1. The zero-order chi connectivity index (χ0) is 19.6. The average molecular weight is 399 g/mol. The van der Waals surface area contributed by atoms with E-state index in [-0.39, 0.29) is 12.5 Å². The number of hydrogen-bond acceptors (Lipinski definition) is 5. The minimum Gasteiger partial charge on any atom is -0.484 e. The number of nitrogens with zero attached hydrogens (tertiary/aromatic N) is 1. The van der Waals surface area contributed by atoms with Crippen LogP contribution in [0.5, 0.6) is 5.75 Å². The van der Waals surface area contributed by atoms with Gasteiger partial charge in [0.25, 0.3) is 5.91 Å². The number of fused-ring (bicyclic) bond motifs is 1. The third-order valence-corrected chi connectivity index (χ3v) is 6.14. The zero-order valence-corrected chi connectivity index (χ0v) is 17.4. The molecular weight excluding hydrogens is 376 g/mol. The maximum Gasteiger partial charge on any atom is 0.262 e. The molecule has 1 aliphatic carbocycles. The van der Waals surface area contributed by atoms with Gasteiger partial charge in [-0.15, -0.1) is 11.3 Å². The summed E-state index contributed by atoms with van der Waals surface area (Å²) in [5.74, 6) is 0.945. The number of ether oxygens (including phenoxy) is 1. The van der Waals surface area contributed by atoms with Crippen molar-refractivity contribution in [1.82, 2.24) is 0 Å². The van der Waals surface area contributed by atoms with Crippen LogP contribution in [-0.4, -0.2) is 12.5 Å². The van der Waals surface area contributed by atoms with Crippen molar-refractivity contribution in [2.75, 3.05) is 11.9 Å². The number of amides is 1. The predicted octanol–water partition coefficient (Wildman–Crippen LogP) is 5.11. The molecule has 1 N–H and O–H groups in total. The molecule has 0 saturated heterocycles. The van der Waals surface area contributed by atoms with Crippen molar-refractivity contribution in [3.05, 3.63) is 49.8 Å². The molecule has 4 nitrogen and oxygen atoms in total. The summed E-state index contributed by atoms with van der Waals surface area (Å²) in [6.45, 7) is 6.07. The normalized spacial score (nSPS) is 15.6. The van der Waals surface area contributed by atoms with E-state index in [4.69, 9.17) is 17.0 Å². The number of nitriles is 1. The first-order chi connectivity index (χ1) is 12.9. The van der Waals surface area contributed by atoms with E-state index in [1.807, 2.05) is 32.0 Å². The molecule has 0 spiro atoms. The highest BCUT2D eigenvalue weighted by atomic mass is 32.1. The van der Waals surface area contributed by atoms with Gasteiger partial charge >= 0.3 is 0 Å². The topological polar surface area (TPSA) is 62.1 Å². The highest BCUT2D eigenvalue weighted by molar-refractivity contribution is 7.73. The molecule has 0 bridgehead atoms. The Hall–Kier alpha value is -2.23. The maximum atomic E-state index is 12.4. The smallest absolute Gasteiger partial charge is 0.262 e. The standard InChI is InChI=1S/C21H22N2O2S2/c1-12-4-5-16-17(9-12)21(26)27-20(18(16)10-22)23-19(24)11-25-15-7-13(2)6-14(3)8-15/h6-8,12H,4-5,9,11H2,1-3H3,(H,23,24). The summed E-state index contributed by atoms with van der Waals surface area (Å²) < 4.78 is 6.38. The third-order valence-electron chi connectivity index (χ3n) is 4.70. The van der Waals surface area contributed by atoms with Gasteiger partial charge in [0.15, 0.2) is 6.61 Å². The fourth-order valence-corrected chi connectivity index (χ4v) is 4.88. The van der Waals surface area contributed by atoms with Gasteiger partial charge in [0, 0.05) is 0 Å². The Kier molecular flexibility index (Phi) is 5.93. The van der Waals surface area contributed by atoms with Crippen molar-refractivity contribution in [2.45, 2.75) is 40.0 Å². The number of anilines is 1. The van der Waals surface area contributed by atoms with Crippen LogP contribution >= 0.6 is 23.6 Å². The lowest BCUT2D eigenvalue weighted by Gasteiger charge is -2.23. The second kappa shape index (κ2) is 8.20. The van der Waals surface area contributed by atoms with E-state index < -0.39 is 0 Å². The Morgan fingerprint density at radius 3 is 2.70 bits per heavy atom. The number of aryl methyl sites for hydroxylation is 2. The maximum absolute atomic E-state index is 12.4. The molecule has 1 aromatic heterocycles. The molecule has 1 heterocycles. The monoisotopic (exact) mass is 398 g/mol. The van der Waals surface area contributed by atoms with Gasteiger partial charge in [-0.05, 0) is 73.4 Å². The van der Waals surface area contributed by atoms with Crippen LogP contribution in [0, 0.1) is 34.9 Å². The minimum absolute atomic E-state index is 0.110. The lowest BCUT2D eigenvalue weighted by molar-refractivity contribution is -0.118. The van der Waals surface area contributed by atoms with Crippen LogP contribution in [0.2, 0.25) is 0 Å². The fourth-order valence-electron chi connectivity index (χ4n) is 3.47. The van der Waals surface area contributed by atoms with Crippen LogP contribution in [0.4, 0.5) is 5.00 Å². The molecule has 0 saturated carbocycles. The second-order valence-electron chi connectivity index (χ2n) is 7.17. The third kappa shape index (κ3) is 4.55. The first-order valence-electron chi connectivity index (χ1n) is 8.97. The van der Waals surface area contributed by atoms with Gasteiger partial charge in [0.2, 0.25) is 0 Å². The van der Waals surface area contributed by atoms with Crippen molar-refractivity contribution >= 4 is 34.5 Å². The Morgan fingerprint density at radius 2 is 2.04 bits per heavy atom. The molecule has 1 aliphatic rings. The first kappa shape index (κ1) is 19.5. The molecule has 1 aromatic carbocycles. The van der Waals surface area contributed by atoms with Crippen LogP contribution in [0.25, 0.3) is 0 Å². The van der Waals surface area contributed by atoms with Crippen LogP contribution in [0.15, 0.2) is 18.2 Å². The molecule has 0 aliphatic heterocycles. The molecule has 1 unspecified atom stereocenters. The van der Waals surface area contributed by atoms with Gasteiger partial charge < -0.3 is 10.1 Å². The lowest BCUT2D eigenvalue weighted by atomic mass is 9.85. The van der Waals surface area contributed by atoms with Gasteiger partial charge in [0.1, 0.15) is 16.8 Å². The van der Waals surface area contributed by atoms with Gasteiger partial charge in [-0.2, -0.15) is 5.26 Å². The van der Waals surface area contributed by atoms with Crippen LogP contribution in [0.3, 0.4) is 0 Å². The van der Waals surface area contributed by atoms with E-state index >= 15 is 0 Å². The van der Waals surface area contributed by atoms with Crippen molar-refractivity contribution in [1.29, 1.82) is 5.26 Å². The van der Waals surface area contributed by atoms with Crippen LogP contribution in [-0.2, 0) is 17.6 Å². The molecule has 6 heteroatoms. The highest BCUT2D eigenvalue weighted by Gasteiger charge is 2.23. The minimum atomic E-state index is -0.291. The van der Waals surface area contributed by atoms with E-state index in [0.717, 1.165) is 45.3 Å². The second-order valence-corrected chi connectivity index (χ2v) is 8.86. The summed E-state index contributed by atoms with van der Waals surface area (Å²) in [5.41, 5.74) is 4.83. The van der Waals surface area contributed by atoms with E-state index in [0.29, 0.717) is 22.2 Å². The molecule has 1 amide bonds. The molecule has 1 atom stereocenters. The summed E-state index contributed by atoms with van der Waals surface area (Å²) >= 11 is 6.84. The number of nitrogens with one attached hydrogen (secondary N) is 1. The Balaban J connectivity index is 1.77. The Morgan fingerprint density at radius 1 is 1.33 bits per heavy atom. The van der Waals surface area contributed by atoms with Gasteiger partial charge in [-0.1, -0.05) is 25.2 Å². The summed E-state index contributed by atoms with van der Waals surface area (Å²) in [6, 6.07) is 8.10. The molecule has 2 aromatic rings. The van der Waals surface area contributed by atoms with Gasteiger partial charge in [-0.25, -0.2) is 0 Å². The summed E-state index contributed by atoms with van der Waals surface area (Å²) in [4.78, 5) is 12.4. The highest BCUT2D eigenvalue weighted by Crippen LogP contribution is 2.35. The number of rotatable bonds is 4. The average Bonchev–Trinajstić information content (AvgIpc) is 2.60. The number of carbonyl (C=O) groups is 1. The number of hydrogen-bond donors (Lipinski definition) is 1.